The molecule has 1 rings (SSSR count). The van der Waals surface area contributed by atoms with Crippen LogP contribution >= 0.6 is 0 Å². The van der Waals surface area contributed by atoms with E-state index in [9.17, 15) is 4.79 Å². The quantitative estimate of drug-likeness (QED) is 0.308. The number of ether oxygens (including phenoxy) is 1. The Morgan fingerprint density at radius 2 is 2.44 bits per heavy atom. The van der Waals surface area contributed by atoms with Crippen LogP contribution in [0.3, 0.4) is 0 Å². The first-order valence-corrected chi connectivity index (χ1v) is 6.14. The number of hydrogen-bond donors (Lipinski definition) is 0. The number of carbonyl (C=O) groups is 1. The SMILES string of the molecule is C#CC(=O)C=C1CCC[C@@H](CCCCC)O1. The summed E-state index contributed by atoms with van der Waals surface area (Å²) < 4.78 is 5.75. The minimum absolute atomic E-state index is 0.288. The van der Waals surface area contributed by atoms with Gasteiger partial charge in [0.25, 0.3) is 0 Å². The molecule has 1 heterocycles. The van der Waals surface area contributed by atoms with Crippen molar-refractivity contribution in [3.63, 3.8) is 0 Å². The van der Waals surface area contributed by atoms with Gasteiger partial charge in [-0.15, -0.1) is 6.42 Å². The minimum atomic E-state index is -0.288. The van der Waals surface area contributed by atoms with Gasteiger partial charge in [-0.2, -0.15) is 0 Å². The number of ketones is 1. The van der Waals surface area contributed by atoms with Crippen LogP contribution in [0.2, 0.25) is 0 Å². The Bertz CT molecular complexity index is 296. The minimum Gasteiger partial charge on any atom is -0.495 e. The van der Waals surface area contributed by atoms with E-state index in [4.69, 9.17) is 11.2 Å². The molecule has 0 aromatic carbocycles. The zero-order valence-corrected chi connectivity index (χ0v) is 10.00. The average Bonchev–Trinajstić information content (AvgIpc) is 2.30. The Kier molecular flexibility index (Phi) is 5.71. The normalized spacial score (nSPS) is 22.5. The van der Waals surface area contributed by atoms with Crippen molar-refractivity contribution in [1.82, 2.24) is 0 Å². The molecule has 1 aliphatic heterocycles. The predicted octanol–water partition coefficient (Wildman–Crippen LogP) is 3.22. The van der Waals surface area contributed by atoms with Gasteiger partial charge in [0.1, 0.15) is 5.76 Å². The van der Waals surface area contributed by atoms with Crippen LogP contribution in [0.15, 0.2) is 11.8 Å². The Morgan fingerprint density at radius 3 is 3.12 bits per heavy atom. The summed E-state index contributed by atoms with van der Waals surface area (Å²) in [7, 11) is 0. The highest BCUT2D eigenvalue weighted by molar-refractivity contribution is 6.03. The van der Waals surface area contributed by atoms with Gasteiger partial charge in [-0.05, 0) is 31.6 Å². The summed E-state index contributed by atoms with van der Waals surface area (Å²) in [6, 6.07) is 0. The Morgan fingerprint density at radius 1 is 1.62 bits per heavy atom. The molecule has 0 aromatic heterocycles. The van der Waals surface area contributed by atoms with Gasteiger partial charge in [-0.25, -0.2) is 0 Å². The first kappa shape index (κ1) is 12.8. The second-order valence-electron chi connectivity index (χ2n) is 4.25. The van der Waals surface area contributed by atoms with Crippen LogP contribution in [0.1, 0.15) is 51.9 Å². The summed E-state index contributed by atoms with van der Waals surface area (Å²) in [5.74, 6) is 2.57. The van der Waals surface area contributed by atoms with Crippen molar-refractivity contribution in [3.8, 4) is 12.3 Å². The monoisotopic (exact) mass is 220 g/mol. The Hall–Kier alpha value is -1.23. The highest BCUT2D eigenvalue weighted by Gasteiger charge is 2.17. The largest absolute Gasteiger partial charge is 0.495 e. The van der Waals surface area contributed by atoms with E-state index >= 15 is 0 Å². The van der Waals surface area contributed by atoms with Crippen molar-refractivity contribution in [2.45, 2.75) is 58.0 Å². The lowest BCUT2D eigenvalue weighted by Crippen LogP contribution is -2.18. The van der Waals surface area contributed by atoms with Crippen molar-refractivity contribution in [1.29, 1.82) is 0 Å². The molecule has 0 N–H and O–H groups in total. The molecule has 0 spiro atoms. The topological polar surface area (TPSA) is 26.3 Å². The van der Waals surface area contributed by atoms with Crippen molar-refractivity contribution in [2.75, 3.05) is 0 Å². The first-order valence-electron chi connectivity index (χ1n) is 6.14. The number of allylic oxidation sites excluding steroid dienone is 2. The lowest BCUT2D eigenvalue weighted by atomic mass is 10.0. The summed E-state index contributed by atoms with van der Waals surface area (Å²) in [6.07, 6.45) is 14.6. The van der Waals surface area contributed by atoms with Gasteiger partial charge in [0.05, 0.1) is 6.10 Å². The standard InChI is InChI=1S/C14H20O2/c1-3-5-6-8-13-9-7-10-14(16-13)11-12(15)4-2/h2,11,13H,3,5-10H2,1H3/t13-/m1/s1. The summed E-state index contributed by atoms with van der Waals surface area (Å²) in [5, 5.41) is 0. The van der Waals surface area contributed by atoms with Crippen LogP contribution in [0.5, 0.6) is 0 Å². The van der Waals surface area contributed by atoms with Crippen LogP contribution in [-0.2, 0) is 9.53 Å². The molecule has 1 aliphatic rings. The lowest BCUT2D eigenvalue weighted by molar-refractivity contribution is -0.110. The van der Waals surface area contributed by atoms with Gasteiger partial charge in [-0.3, -0.25) is 4.79 Å². The van der Waals surface area contributed by atoms with E-state index in [0.29, 0.717) is 0 Å². The smallest absolute Gasteiger partial charge is 0.231 e. The highest BCUT2D eigenvalue weighted by atomic mass is 16.5. The number of rotatable bonds is 5. The average molecular weight is 220 g/mol. The molecule has 0 amide bonds. The molecule has 16 heavy (non-hydrogen) atoms. The van der Waals surface area contributed by atoms with E-state index < -0.39 is 0 Å². The molecule has 0 aliphatic carbocycles. The fourth-order valence-corrected chi connectivity index (χ4v) is 1.96. The van der Waals surface area contributed by atoms with Gasteiger partial charge >= 0.3 is 0 Å². The molecule has 0 bridgehead atoms. The van der Waals surface area contributed by atoms with Crippen molar-refractivity contribution in [3.05, 3.63) is 11.8 Å². The molecule has 1 saturated heterocycles. The van der Waals surface area contributed by atoms with E-state index in [1.54, 1.807) is 0 Å². The molecule has 0 saturated carbocycles. The zero-order valence-electron chi connectivity index (χ0n) is 10.00. The fraction of sp³-hybridized carbons (Fsp3) is 0.643. The molecule has 88 valence electrons. The van der Waals surface area contributed by atoms with Crippen LogP contribution in [0, 0.1) is 12.3 Å². The number of unbranched alkanes of at least 4 members (excludes halogenated alkanes) is 2. The molecule has 0 aromatic rings. The number of hydrogen-bond acceptors (Lipinski definition) is 2. The Balaban J connectivity index is 2.38. The van der Waals surface area contributed by atoms with Crippen molar-refractivity contribution in [2.24, 2.45) is 0 Å². The maximum absolute atomic E-state index is 11.1. The van der Waals surface area contributed by atoms with Gasteiger partial charge in [0.2, 0.25) is 5.78 Å². The summed E-state index contributed by atoms with van der Waals surface area (Å²) in [5.41, 5.74) is 0. The fourth-order valence-electron chi connectivity index (χ4n) is 1.96. The second kappa shape index (κ2) is 7.11. The maximum atomic E-state index is 11.1. The summed E-state index contributed by atoms with van der Waals surface area (Å²) in [4.78, 5) is 11.1. The van der Waals surface area contributed by atoms with E-state index in [1.165, 1.54) is 25.3 Å². The van der Waals surface area contributed by atoms with Crippen molar-refractivity contribution < 1.29 is 9.53 Å². The van der Waals surface area contributed by atoms with Gasteiger partial charge in [-0.1, -0.05) is 19.8 Å². The Labute approximate surface area is 98.1 Å². The lowest BCUT2D eigenvalue weighted by Gasteiger charge is -2.25. The van der Waals surface area contributed by atoms with Gasteiger partial charge in [0, 0.05) is 12.5 Å². The molecule has 1 atom stereocenters. The zero-order chi connectivity index (χ0) is 11.8. The third-order valence-corrected chi connectivity index (χ3v) is 2.83. The predicted molar refractivity (Wildman–Crippen MR) is 64.8 cm³/mol. The van der Waals surface area contributed by atoms with E-state index in [0.717, 1.165) is 31.4 Å². The molecular weight excluding hydrogens is 200 g/mol. The molecular formula is C14H20O2. The maximum Gasteiger partial charge on any atom is 0.231 e. The highest BCUT2D eigenvalue weighted by Crippen LogP contribution is 2.25. The molecule has 2 nitrogen and oxygen atoms in total. The molecule has 1 fully saturated rings. The van der Waals surface area contributed by atoms with Crippen LogP contribution in [0.4, 0.5) is 0 Å². The summed E-state index contributed by atoms with van der Waals surface area (Å²) in [6.45, 7) is 2.19. The van der Waals surface area contributed by atoms with Gasteiger partial charge in [0.15, 0.2) is 0 Å². The first-order chi connectivity index (χ1) is 7.76. The number of terminal acetylenes is 1. The van der Waals surface area contributed by atoms with Crippen LogP contribution in [0.25, 0.3) is 0 Å². The molecule has 0 unspecified atom stereocenters. The third kappa shape index (κ3) is 4.53. The third-order valence-electron chi connectivity index (χ3n) is 2.83. The molecule has 2 heteroatoms. The second-order valence-corrected chi connectivity index (χ2v) is 4.25. The van der Waals surface area contributed by atoms with E-state index in [2.05, 4.69) is 12.8 Å². The molecule has 0 radical (unpaired) electrons. The van der Waals surface area contributed by atoms with Crippen LogP contribution < -0.4 is 0 Å². The summed E-state index contributed by atoms with van der Waals surface area (Å²) >= 11 is 0. The van der Waals surface area contributed by atoms with Gasteiger partial charge < -0.3 is 4.74 Å². The van der Waals surface area contributed by atoms with Crippen molar-refractivity contribution >= 4 is 5.78 Å². The van der Waals surface area contributed by atoms with E-state index in [1.807, 2.05) is 0 Å². The number of carbonyl (C=O) groups excluding carboxylic acids is 1. The van der Waals surface area contributed by atoms with Crippen LogP contribution in [-0.4, -0.2) is 11.9 Å². The van der Waals surface area contributed by atoms with E-state index in [-0.39, 0.29) is 11.9 Å².